The normalized spacial score (nSPS) is 12.2. The Hall–Kier alpha value is -4.94. The van der Waals surface area contributed by atoms with Crippen LogP contribution in [0.1, 0.15) is 102 Å². The Labute approximate surface area is 321 Å². The number of unbranched alkanes of at least 4 members (excludes halogenated alkanes) is 10. The molecule has 9 aromatic carbocycles. The second kappa shape index (κ2) is 15.4. The molecule has 0 N–H and O–H groups in total. The van der Waals surface area contributed by atoms with E-state index in [1.165, 1.54) is 188 Å². The fourth-order valence-corrected chi connectivity index (χ4v) is 9.48. The van der Waals surface area contributed by atoms with Gasteiger partial charge in [-0.15, -0.1) is 0 Å². The Morgan fingerprint density at radius 3 is 0.926 bits per heavy atom. The highest BCUT2D eigenvalue weighted by atomic mass is 14.3. The molecule has 0 unspecified atom stereocenters. The van der Waals surface area contributed by atoms with Crippen molar-refractivity contribution in [2.45, 2.75) is 104 Å². The van der Waals surface area contributed by atoms with Gasteiger partial charge in [-0.25, -0.2) is 0 Å². The highest BCUT2D eigenvalue weighted by molar-refractivity contribution is 6.47. The van der Waals surface area contributed by atoms with Gasteiger partial charge in [0.25, 0.3) is 0 Å². The first-order valence-corrected chi connectivity index (χ1v) is 21.2. The maximum Gasteiger partial charge on any atom is -0.000718 e. The minimum atomic E-state index is 1.17. The molecule has 0 aromatic heterocycles. The molecule has 0 aliphatic carbocycles. The van der Waals surface area contributed by atoms with Gasteiger partial charge in [0.1, 0.15) is 0 Å². The standard InChI is InChI=1S/C54H54/c1-3-5-7-9-11-13-19-37-25-29-39(30-26-37)49-51-45-33-41-21-15-17-23-43(41)35-47(45)53(51)50(40-31-27-38(28-32-40)20-14-12-10-8-6-4-2)54-48-36-44-24-18-16-22-42(44)34-46(48)52(49)54/h15-18,21-36H,3-14,19-20H2,1-2H3. The van der Waals surface area contributed by atoms with Gasteiger partial charge in [-0.05, 0) is 148 Å². The van der Waals surface area contributed by atoms with Crippen LogP contribution in [0.3, 0.4) is 0 Å². The van der Waals surface area contributed by atoms with Crippen molar-refractivity contribution in [3.8, 4) is 22.3 Å². The summed E-state index contributed by atoms with van der Waals surface area (Å²) in [6, 6.07) is 47.0. The summed E-state index contributed by atoms with van der Waals surface area (Å²) in [6.45, 7) is 4.60. The molecule has 0 saturated carbocycles. The van der Waals surface area contributed by atoms with Crippen molar-refractivity contribution in [2.75, 3.05) is 0 Å². The molecule has 0 radical (unpaired) electrons. The van der Waals surface area contributed by atoms with E-state index in [1.807, 2.05) is 0 Å². The third-order valence-electron chi connectivity index (χ3n) is 12.5. The molecule has 270 valence electrons. The summed E-state index contributed by atoms with van der Waals surface area (Å²) in [5.74, 6) is 0. The van der Waals surface area contributed by atoms with Gasteiger partial charge in [-0.3, -0.25) is 0 Å². The zero-order valence-corrected chi connectivity index (χ0v) is 32.4. The van der Waals surface area contributed by atoms with E-state index in [2.05, 4.69) is 135 Å². The van der Waals surface area contributed by atoms with Crippen LogP contribution in [0.5, 0.6) is 0 Å². The summed E-state index contributed by atoms with van der Waals surface area (Å²) < 4.78 is 0. The van der Waals surface area contributed by atoms with Crippen molar-refractivity contribution in [3.05, 3.63) is 132 Å². The van der Waals surface area contributed by atoms with E-state index in [4.69, 9.17) is 0 Å². The van der Waals surface area contributed by atoms with Crippen LogP contribution in [0.25, 0.3) is 86.9 Å². The molecule has 0 spiro atoms. The van der Waals surface area contributed by atoms with E-state index in [-0.39, 0.29) is 0 Å². The quantitative estimate of drug-likeness (QED) is 0.0879. The maximum absolute atomic E-state index is 2.46. The predicted octanol–water partition coefficient (Wildman–Crippen LogP) is 16.6. The lowest BCUT2D eigenvalue weighted by atomic mass is 9.74. The Kier molecular flexibility index (Phi) is 9.94. The molecule has 0 aliphatic heterocycles. The van der Waals surface area contributed by atoms with Crippen LogP contribution >= 0.6 is 0 Å². The average Bonchev–Trinajstić information content (AvgIpc) is 3.21. The Bertz CT molecular complexity index is 2340. The van der Waals surface area contributed by atoms with Gasteiger partial charge in [0.15, 0.2) is 0 Å². The van der Waals surface area contributed by atoms with Crippen LogP contribution in [-0.4, -0.2) is 0 Å². The van der Waals surface area contributed by atoms with Crippen LogP contribution in [0.4, 0.5) is 0 Å². The summed E-state index contributed by atoms with van der Waals surface area (Å²) >= 11 is 0. The average molecular weight is 703 g/mol. The minimum Gasteiger partial charge on any atom is -0.0654 e. The number of fused-ring (bicyclic) bond motifs is 10. The number of hydrogen-bond donors (Lipinski definition) is 0. The van der Waals surface area contributed by atoms with Crippen LogP contribution in [0.2, 0.25) is 0 Å². The molecule has 0 heteroatoms. The largest absolute Gasteiger partial charge is 0.0654 e. The first-order chi connectivity index (χ1) is 26.7. The molecule has 0 aliphatic rings. The van der Waals surface area contributed by atoms with Crippen molar-refractivity contribution >= 4 is 64.6 Å². The summed E-state index contributed by atoms with van der Waals surface area (Å²) in [5.41, 5.74) is 8.44. The SMILES string of the molecule is CCCCCCCCc1ccc(-c2c3c4cc5ccccc5cc4c3c(-c3ccc(CCCCCCCC)cc3)c3c4cc5ccccc5cc4c23)cc1. The Balaban J connectivity index is 1.20. The molecular formula is C54H54. The topological polar surface area (TPSA) is 0 Å². The fraction of sp³-hybridized carbons (Fsp3) is 0.296. The molecular weight excluding hydrogens is 649 g/mol. The predicted molar refractivity (Wildman–Crippen MR) is 239 cm³/mol. The Morgan fingerprint density at radius 1 is 0.315 bits per heavy atom. The summed E-state index contributed by atoms with van der Waals surface area (Å²) in [5, 5.41) is 16.6. The molecule has 0 fully saturated rings. The van der Waals surface area contributed by atoms with Crippen molar-refractivity contribution in [2.24, 2.45) is 0 Å². The lowest BCUT2D eigenvalue weighted by Crippen LogP contribution is -2.00. The molecule has 9 aromatic rings. The van der Waals surface area contributed by atoms with Crippen molar-refractivity contribution in [1.29, 1.82) is 0 Å². The van der Waals surface area contributed by atoms with Gasteiger partial charge in [0, 0.05) is 0 Å². The van der Waals surface area contributed by atoms with Gasteiger partial charge >= 0.3 is 0 Å². The van der Waals surface area contributed by atoms with E-state index in [1.54, 1.807) is 0 Å². The van der Waals surface area contributed by atoms with Crippen LogP contribution in [0.15, 0.2) is 121 Å². The van der Waals surface area contributed by atoms with Crippen molar-refractivity contribution < 1.29 is 0 Å². The molecule has 0 bridgehead atoms. The first kappa shape index (κ1) is 34.8. The van der Waals surface area contributed by atoms with Crippen molar-refractivity contribution in [1.82, 2.24) is 0 Å². The second-order valence-electron chi connectivity index (χ2n) is 16.2. The lowest BCUT2D eigenvalue weighted by Gasteiger charge is -2.28. The lowest BCUT2D eigenvalue weighted by molar-refractivity contribution is 0.607. The number of benzene rings is 7. The zero-order chi connectivity index (χ0) is 36.4. The van der Waals surface area contributed by atoms with E-state index < -0.39 is 0 Å². The summed E-state index contributed by atoms with van der Waals surface area (Å²) in [4.78, 5) is 0. The number of aryl methyl sites for hydroxylation is 2. The molecule has 0 saturated heterocycles. The Morgan fingerprint density at radius 2 is 0.611 bits per heavy atom. The molecule has 54 heavy (non-hydrogen) atoms. The second-order valence-corrected chi connectivity index (χ2v) is 16.2. The molecule has 0 atom stereocenters. The van der Waals surface area contributed by atoms with E-state index in [0.717, 1.165) is 0 Å². The highest BCUT2D eigenvalue weighted by Gasteiger charge is 2.28. The van der Waals surface area contributed by atoms with Gasteiger partial charge in [0.2, 0.25) is 0 Å². The number of hydrogen-bond acceptors (Lipinski definition) is 0. The molecule has 0 amide bonds. The number of rotatable bonds is 16. The summed E-state index contributed by atoms with van der Waals surface area (Å²) in [7, 11) is 0. The van der Waals surface area contributed by atoms with Gasteiger partial charge in [0.05, 0.1) is 0 Å². The van der Waals surface area contributed by atoms with E-state index in [0.29, 0.717) is 0 Å². The van der Waals surface area contributed by atoms with Crippen molar-refractivity contribution in [3.63, 3.8) is 0 Å². The monoisotopic (exact) mass is 702 g/mol. The third kappa shape index (κ3) is 6.38. The third-order valence-corrected chi connectivity index (χ3v) is 12.5. The minimum absolute atomic E-state index is 1.17. The van der Waals surface area contributed by atoms with Crippen LogP contribution < -0.4 is 0 Å². The fourth-order valence-electron chi connectivity index (χ4n) is 9.48. The van der Waals surface area contributed by atoms with Crippen LogP contribution in [-0.2, 0) is 12.8 Å². The van der Waals surface area contributed by atoms with E-state index in [9.17, 15) is 0 Å². The zero-order valence-electron chi connectivity index (χ0n) is 32.4. The molecule has 0 nitrogen and oxygen atoms in total. The first-order valence-electron chi connectivity index (χ1n) is 21.2. The molecule has 9 rings (SSSR count). The molecule has 0 heterocycles. The summed E-state index contributed by atoms with van der Waals surface area (Å²) in [6.07, 6.45) is 18.4. The smallest absolute Gasteiger partial charge is 0.000718 e. The van der Waals surface area contributed by atoms with E-state index >= 15 is 0 Å². The van der Waals surface area contributed by atoms with Crippen LogP contribution in [0, 0.1) is 0 Å². The van der Waals surface area contributed by atoms with Gasteiger partial charge < -0.3 is 0 Å². The van der Waals surface area contributed by atoms with Gasteiger partial charge in [-0.2, -0.15) is 0 Å². The highest BCUT2D eigenvalue weighted by Crippen LogP contribution is 2.57. The van der Waals surface area contributed by atoms with Gasteiger partial charge in [-0.1, -0.05) is 175 Å². The maximum atomic E-state index is 2.46.